The van der Waals surface area contributed by atoms with Crippen molar-refractivity contribution in [1.82, 2.24) is 24.0 Å². The molecule has 0 amide bonds. The number of piperidine rings is 1. The summed E-state index contributed by atoms with van der Waals surface area (Å²) in [6, 6.07) is 11.3. The van der Waals surface area contributed by atoms with Gasteiger partial charge in [-0.15, -0.1) is 0 Å². The molecule has 0 bridgehead atoms. The maximum absolute atomic E-state index is 13.8. The van der Waals surface area contributed by atoms with Crippen molar-refractivity contribution in [2.24, 2.45) is 0 Å². The van der Waals surface area contributed by atoms with Crippen molar-refractivity contribution in [1.29, 1.82) is 0 Å². The van der Waals surface area contributed by atoms with Gasteiger partial charge in [-0.2, -0.15) is 0 Å². The summed E-state index contributed by atoms with van der Waals surface area (Å²) in [6.45, 7) is 5.96. The molecule has 3 aromatic rings. The fraction of sp³-hybridized carbons (Fsp3) is 0.567. The lowest BCUT2D eigenvalue weighted by Crippen LogP contribution is -2.43. The first kappa shape index (κ1) is 25.3. The second-order valence-corrected chi connectivity index (χ2v) is 11.2. The lowest BCUT2D eigenvalue weighted by molar-refractivity contribution is 0.0686. The number of nitrogens with one attached hydrogen (secondary N) is 1. The van der Waals surface area contributed by atoms with Gasteiger partial charge >= 0.3 is 5.69 Å². The molecule has 0 unspecified atom stereocenters. The Morgan fingerprint density at radius 2 is 1.74 bits per heavy atom. The van der Waals surface area contributed by atoms with Crippen LogP contribution in [0.5, 0.6) is 0 Å². The summed E-state index contributed by atoms with van der Waals surface area (Å²) in [4.78, 5) is 26.0. The normalized spacial score (nSPS) is 23.4. The number of anilines is 1. The van der Waals surface area contributed by atoms with Crippen molar-refractivity contribution in [3.63, 3.8) is 0 Å². The number of aromatic nitrogens is 4. The zero-order chi connectivity index (χ0) is 25.9. The number of benzene rings is 1. The van der Waals surface area contributed by atoms with Crippen LogP contribution < -0.4 is 11.0 Å². The number of rotatable bonds is 6. The molecule has 1 saturated carbocycles. The first-order valence-corrected chi connectivity index (χ1v) is 14.5. The Morgan fingerprint density at radius 1 is 0.947 bits per heavy atom. The maximum atomic E-state index is 13.8. The molecular formula is C30H40N6O2. The molecule has 202 valence electrons. The average Bonchev–Trinajstić information content (AvgIpc) is 3.31. The van der Waals surface area contributed by atoms with Crippen molar-refractivity contribution in [3.8, 4) is 17.1 Å². The zero-order valence-electron chi connectivity index (χ0n) is 22.5. The molecule has 0 atom stereocenters. The Hall–Kier alpha value is -2.97. The minimum Gasteiger partial charge on any atom is -0.381 e. The van der Waals surface area contributed by atoms with Gasteiger partial charge in [-0.3, -0.25) is 9.13 Å². The van der Waals surface area contributed by atoms with Crippen LogP contribution in [-0.4, -0.2) is 62.4 Å². The molecule has 8 heteroatoms. The summed E-state index contributed by atoms with van der Waals surface area (Å²) < 4.78 is 9.25. The van der Waals surface area contributed by atoms with E-state index in [0.29, 0.717) is 25.2 Å². The quantitative estimate of drug-likeness (QED) is 0.499. The number of aryl methyl sites for hydroxylation is 1. The van der Waals surface area contributed by atoms with E-state index < -0.39 is 0 Å². The van der Waals surface area contributed by atoms with Gasteiger partial charge in [0.15, 0.2) is 0 Å². The molecular weight excluding hydrogens is 476 g/mol. The molecule has 0 spiro atoms. The average molecular weight is 517 g/mol. The predicted molar refractivity (Wildman–Crippen MR) is 150 cm³/mol. The maximum Gasteiger partial charge on any atom is 0.333 e. The van der Waals surface area contributed by atoms with Crippen LogP contribution in [0.4, 0.5) is 5.95 Å². The van der Waals surface area contributed by atoms with Crippen LogP contribution in [0, 0.1) is 6.92 Å². The number of ether oxygens (including phenoxy) is 1. The SMILES string of the molecule is Cc1cccc(-n2c(-c3ccnc(N[C@H]4CC[C@H](N5CCCCC5)CC4)n3)cn(C3CCOCC3)c2=O)c1. The largest absolute Gasteiger partial charge is 0.381 e. The van der Waals surface area contributed by atoms with Crippen molar-refractivity contribution < 1.29 is 4.74 Å². The molecule has 4 heterocycles. The van der Waals surface area contributed by atoms with Gasteiger partial charge in [-0.1, -0.05) is 18.6 Å². The Labute approximate surface area is 225 Å². The van der Waals surface area contributed by atoms with E-state index >= 15 is 0 Å². The van der Waals surface area contributed by atoms with E-state index in [9.17, 15) is 4.79 Å². The van der Waals surface area contributed by atoms with E-state index in [0.717, 1.165) is 54.4 Å². The second kappa shape index (κ2) is 11.4. The highest BCUT2D eigenvalue weighted by Gasteiger charge is 2.27. The van der Waals surface area contributed by atoms with Gasteiger partial charge in [0.2, 0.25) is 5.95 Å². The highest BCUT2D eigenvalue weighted by Crippen LogP contribution is 2.29. The zero-order valence-corrected chi connectivity index (χ0v) is 22.5. The predicted octanol–water partition coefficient (Wildman–Crippen LogP) is 4.96. The van der Waals surface area contributed by atoms with E-state index in [2.05, 4.69) is 34.3 Å². The van der Waals surface area contributed by atoms with Gasteiger partial charge in [0.1, 0.15) is 0 Å². The number of hydrogen-bond acceptors (Lipinski definition) is 6. The van der Waals surface area contributed by atoms with E-state index in [4.69, 9.17) is 9.72 Å². The van der Waals surface area contributed by atoms with Crippen LogP contribution in [0.2, 0.25) is 0 Å². The molecule has 2 aromatic heterocycles. The Bertz CT molecular complexity index is 1280. The lowest BCUT2D eigenvalue weighted by atomic mass is 9.89. The van der Waals surface area contributed by atoms with Gasteiger partial charge < -0.3 is 15.0 Å². The van der Waals surface area contributed by atoms with Crippen LogP contribution in [0.1, 0.15) is 69.4 Å². The van der Waals surface area contributed by atoms with Crippen LogP contribution in [-0.2, 0) is 4.74 Å². The first-order chi connectivity index (χ1) is 18.7. The molecule has 3 aliphatic rings. The van der Waals surface area contributed by atoms with Crippen LogP contribution in [0.15, 0.2) is 47.5 Å². The topological polar surface area (TPSA) is 77.2 Å². The summed E-state index contributed by atoms with van der Waals surface area (Å²) in [5.74, 6) is 0.644. The van der Waals surface area contributed by atoms with Gasteiger partial charge in [0, 0.05) is 43.7 Å². The lowest BCUT2D eigenvalue weighted by Gasteiger charge is -2.39. The molecule has 1 aliphatic carbocycles. The molecule has 1 N–H and O–H groups in total. The number of nitrogens with zero attached hydrogens (tertiary/aromatic N) is 5. The molecule has 0 radical (unpaired) electrons. The molecule has 6 rings (SSSR count). The van der Waals surface area contributed by atoms with Gasteiger partial charge in [0.25, 0.3) is 0 Å². The Kier molecular flexibility index (Phi) is 7.60. The number of likely N-dealkylation sites (tertiary alicyclic amines) is 1. The summed E-state index contributed by atoms with van der Waals surface area (Å²) in [5, 5.41) is 3.62. The molecule has 1 aromatic carbocycles. The minimum absolute atomic E-state index is 0.0262. The van der Waals surface area contributed by atoms with Gasteiger partial charge in [0.05, 0.1) is 17.1 Å². The Balaban J connectivity index is 1.25. The van der Waals surface area contributed by atoms with E-state index in [-0.39, 0.29) is 11.7 Å². The fourth-order valence-corrected chi connectivity index (χ4v) is 6.51. The van der Waals surface area contributed by atoms with Crippen molar-refractivity contribution in [2.45, 2.75) is 82.8 Å². The summed E-state index contributed by atoms with van der Waals surface area (Å²) in [7, 11) is 0. The van der Waals surface area contributed by atoms with Crippen molar-refractivity contribution >= 4 is 5.95 Å². The fourth-order valence-electron chi connectivity index (χ4n) is 6.51. The van der Waals surface area contributed by atoms with E-state index in [1.54, 1.807) is 10.8 Å². The molecule has 2 saturated heterocycles. The van der Waals surface area contributed by atoms with Crippen molar-refractivity contribution in [2.75, 3.05) is 31.6 Å². The van der Waals surface area contributed by atoms with Gasteiger partial charge in [-0.25, -0.2) is 14.8 Å². The van der Waals surface area contributed by atoms with Crippen LogP contribution in [0.25, 0.3) is 17.1 Å². The highest BCUT2D eigenvalue weighted by atomic mass is 16.5. The molecule has 3 fully saturated rings. The smallest absolute Gasteiger partial charge is 0.333 e. The minimum atomic E-state index is -0.0262. The summed E-state index contributed by atoms with van der Waals surface area (Å²) >= 11 is 0. The third-order valence-electron chi connectivity index (χ3n) is 8.61. The standard InChI is InChI=1S/C30H40N6O2/c1-22-6-5-7-26(20-22)36-28(21-35(30(36)37)25-13-18-38-19-14-25)27-12-15-31-29(33-27)32-23-8-10-24(11-9-23)34-16-3-2-4-17-34/h5-7,12,15,20-21,23-25H,2-4,8-11,13-14,16-19H2,1H3,(H,31,32,33)/t23-,24-. The van der Waals surface area contributed by atoms with E-state index in [1.165, 1.54) is 45.2 Å². The number of hydrogen-bond donors (Lipinski definition) is 1. The third-order valence-corrected chi connectivity index (χ3v) is 8.61. The van der Waals surface area contributed by atoms with Crippen LogP contribution in [0.3, 0.4) is 0 Å². The van der Waals surface area contributed by atoms with E-state index in [1.807, 2.05) is 29.0 Å². The van der Waals surface area contributed by atoms with Gasteiger partial charge in [-0.05, 0) is 95.1 Å². The third kappa shape index (κ3) is 5.43. The Morgan fingerprint density at radius 3 is 2.50 bits per heavy atom. The monoisotopic (exact) mass is 516 g/mol. The first-order valence-electron chi connectivity index (χ1n) is 14.5. The second-order valence-electron chi connectivity index (χ2n) is 11.2. The highest BCUT2D eigenvalue weighted by molar-refractivity contribution is 5.59. The molecule has 8 nitrogen and oxygen atoms in total. The van der Waals surface area contributed by atoms with Crippen LogP contribution >= 0.6 is 0 Å². The molecule has 38 heavy (non-hydrogen) atoms. The summed E-state index contributed by atoms with van der Waals surface area (Å²) in [6.07, 6.45) is 14.3. The molecule has 2 aliphatic heterocycles. The number of imidazole rings is 1. The summed E-state index contributed by atoms with van der Waals surface area (Å²) in [5.41, 5.74) is 3.51. The van der Waals surface area contributed by atoms with Crippen molar-refractivity contribution in [3.05, 3.63) is 58.8 Å².